The van der Waals surface area contributed by atoms with Crippen LogP contribution in [0.2, 0.25) is 0 Å². The van der Waals surface area contributed by atoms with Crippen LogP contribution in [0.15, 0.2) is 42.5 Å². The predicted octanol–water partition coefficient (Wildman–Crippen LogP) is 4.67. The van der Waals surface area contributed by atoms with Crippen LogP contribution < -0.4 is 16.4 Å². The Morgan fingerprint density at radius 2 is 1.56 bits per heavy atom. The number of nitrogens with zero attached hydrogens (tertiary/aromatic N) is 2. The molecule has 15 heteroatoms. The van der Waals surface area contributed by atoms with E-state index in [0.717, 1.165) is 0 Å². The van der Waals surface area contributed by atoms with E-state index in [0.29, 0.717) is 37.3 Å². The predicted molar refractivity (Wildman–Crippen MR) is 139 cm³/mol. The number of ether oxygens (including phenoxy) is 2. The molecule has 0 saturated carbocycles. The van der Waals surface area contributed by atoms with Crippen LogP contribution in [0.3, 0.4) is 0 Å². The number of hydrogen-bond donors (Lipinski definition) is 3. The summed E-state index contributed by atoms with van der Waals surface area (Å²) in [6.45, 7) is 3.24. The van der Waals surface area contributed by atoms with Gasteiger partial charge in [0.25, 0.3) is 0 Å². The molecule has 7 nitrogen and oxygen atoms in total. The van der Waals surface area contributed by atoms with E-state index >= 15 is 0 Å². The topological polar surface area (TPSA) is 61.0 Å². The molecule has 0 radical (unpaired) electrons. The molecule has 2 aliphatic rings. The maximum Gasteiger partial charge on any atom is 0.416 e. The van der Waals surface area contributed by atoms with Gasteiger partial charge < -0.3 is 14.4 Å². The Morgan fingerprint density at radius 3 is 2.12 bits per heavy atom. The molecule has 0 aromatic heterocycles. The second-order valence-corrected chi connectivity index (χ2v) is 10.2. The Balaban J connectivity index is 0.00000462. The zero-order chi connectivity index (χ0) is 29.2. The van der Waals surface area contributed by atoms with Gasteiger partial charge in [0.15, 0.2) is 6.29 Å². The van der Waals surface area contributed by atoms with E-state index in [-0.39, 0.29) is 42.7 Å². The molecule has 3 N–H and O–H groups in total. The van der Waals surface area contributed by atoms with Gasteiger partial charge in [0, 0.05) is 19.6 Å². The van der Waals surface area contributed by atoms with Crippen molar-refractivity contribution >= 4 is 12.4 Å². The van der Waals surface area contributed by atoms with E-state index in [2.05, 4.69) is 21.3 Å². The third-order valence-corrected chi connectivity index (χ3v) is 6.93. The monoisotopic (exact) mass is 615 g/mol. The first kappa shape index (κ1) is 33.5. The molecule has 0 amide bonds. The summed E-state index contributed by atoms with van der Waals surface area (Å²) in [4.78, 5) is 4.07. The molecule has 2 heterocycles. The summed E-state index contributed by atoms with van der Waals surface area (Å²) < 4.78 is 106. The number of hydrazine groups is 2. The zero-order valence-electron chi connectivity index (χ0n) is 22.5. The summed E-state index contributed by atoms with van der Waals surface area (Å²) in [5.41, 5.74) is 6.76. The Bertz CT molecular complexity index is 1100. The van der Waals surface area contributed by atoms with E-state index in [9.17, 15) is 30.7 Å². The van der Waals surface area contributed by atoms with Gasteiger partial charge in [-0.1, -0.05) is 12.1 Å². The number of likely N-dealkylation sites (N-methyl/N-ethyl adjacent to an activating group) is 1. The van der Waals surface area contributed by atoms with Crippen molar-refractivity contribution in [2.24, 2.45) is 0 Å². The summed E-state index contributed by atoms with van der Waals surface area (Å²) in [5.74, 6) is -0.460. The van der Waals surface area contributed by atoms with Crippen molar-refractivity contribution in [1.82, 2.24) is 26.2 Å². The fourth-order valence-corrected chi connectivity index (χ4v) is 4.95. The minimum atomic E-state index is -4.98. The van der Waals surface area contributed by atoms with Crippen LogP contribution in [0.1, 0.15) is 41.3 Å². The number of alkyl halides is 6. The molecule has 4 rings (SSSR count). The average molecular weight is 616 g/mol. The summed E-state index contributed by atoms with van der Waals surface area (Å²) in [6, 6.07) is 6.39. The third-order valence-electron chi connectivity index (χ3n) is 6.93. The molecule has 230 valence electrons. The van der Waals surface area contributed by atoms with Crippen molar-refractivity contribution in [2.45, 2.75) is 49.8 Å². The normalized spacial score (nSPS) is 24.9. The molecular weight excluding hydrogens is 583 g/mol. The molecule has 5 unspecified atom stereocenters. The Kier molecular flexibility index (Phi) is 11.0. The standard InChI is InChI=1S/C26H32F7N5O2.ClH/c1-15(17-10-18(25(28,29)30)12-19(11-17)26(31,32)33)40-24-23(16-4-6-20(27)7-5-16)38(8-9-39-24)14-22-21(13-37(2)3)34-36-35-22;/h4-7,10-12,15,21-24,34-36H,8-9,13-14H2,1-3H3;1H. The first-order valence-electron chi connectivity index (χ1n) is 12.7. The lowest BCUT2D eigenvalue weighted by Gasteiger charge is -2.43. The highest BCUT2D eigenvalue weighted by atomic mass is 35.5. The quantitative estimate of drug-likeness (QED) is 0.373. The molecule has 2 saturated heterocycles. The van der Waals surface area contributed by atoms with Crippen LogP contribution in [0.25, 0.3) is 0 Å². The van der Waals surface area contributed by atoms with Crippen LogP contribution in [0.5, 0.6) is 0 Å². The summed E-state index contributed by atoms with van der Waals surface area (Å²) in [5, 5.41) is 0. The number of benzene rings is 2. The van der Waals surface area contributed by atoms with Crippen LogP contribution in [-0.4, -0.2) is 68.5 Å². The molecule has 0 bridgehead atoms. The maximum atomic E-state index is 13.8. The van der Waals surface area contributed by atoms with Crippen molar-refractivity contribution in [3.63, 3.8) is 0 Å². The lowest BCUT2D eigenvalue weighted by molar-refractivity contribution is -0.230. The molecule has 0 spiro atoms. The molecular formula is C26H33ClF7N5O2. The van der Waals surface area contributed by atoms with Crippen LogP contribution in [0, 0.1) is 5.82 Å². The molecule has 0 aliphatic carbocycles. The average Bonchev–Trinajstić information content (AvgIpc) is 3.29. The highest BCUT2D eigenvalue weighted by Crippen LogP contribution is 2.39. The summed E-state index contributed by atoms with van der Waals surface area (Å²) >= 11 is 0. The van der Waals surface area contributed by atoms with Gasteiger partial charge in [-0.15, -0.1) is 12.4 Å². The molecule has 2 aliphatic heterocycles. The van der Waals surface area contributed by atoms with E-state index in [4.69, 9.17) is 9.47 Å². The molecule has 2 fully saturated rings. The second-order valence-electron chi connectivity index (χ2n) is 10.2. The molecule has 41 heavy (non-hydrogen) atoms. The van der Waals surface area contributed by atoms with Crippen molar-refractivity contribution < 1.29 is 40.2 Å². The van der Waals surface area contributed by atoms with Crippen molar-refractivity contribution in [1.29, 1.82) is 0 Å². The summed E-state index contributed by atoms with van der Waals surface area (Å²) in [7, 11) is 3.88. The Labute approximate surface area is 239 Å². The maximum absolute atomic E-state index is 13.8. The molecule has 2 aromatic rings. The smallest absolute Gasteiger partial charge is 0.349 e. The largest absolute Gasteiger partial charge is 0.416 e. The van der Waals surface area contributed by atoms with Crippen LogP contribution in [-0.2, 0) is 21.8 Å². The Hall–Kier alpha value is -2.04. The van der Waals surface area contributed by atoms with E-state index in [1.165, 1.54) is 19.1 Å². The minimum absolute atomic E-state index is 0. The van der Waals surface area contributed by atoms with Crippen molar-refractivity contribution in [2.75, 3.05) is 40.3 Å². The molecule has 5 atom stereocenters. The van der Waals surface area contributed by atoms with Gasteiger partial charge in [-0.3, -0.25) is 4.90 Å². The van der Waals surface area contributed by atoms with E-state index in [1.54, 1.807) is 12.1 Å². The molecule has 2 aromatic carbocycles. The van der Waals surface area contributed by atoms with Gasteiger partial charge in [0.2, 0.25) is 0 Å². The number of nitrogens with one attached hydrogen (secondary N) is 3. The highest BCUT2D eigenvalue weighted by molar-refractivity contribution is 5.85. The lowest BCUT2D eigenvalue weighted by Crippen LogP contribution is -2.53. The van der Waals surface area contributed by atoms with E-state index < -0.39 is 47.7 Å². The van der Waals surface area contributed by atoms with Crippen molar-refractivity contribution in [3.05, 3.63) is 70.5 Å². The van der Waals surface area contributed by atoms with Crippen LogP contribution >= 0.6 is 12.4 Å². The van der Waals surface area contributed by atoms with Gasteiger partial charge >= 0.3 is 12.4 Å². The number of hydrogen-bond acceptors (Lipinski definition) is 7. The lowest BCUT2D eigenvalue weighted by atomic mass is 9.99. The number of rotatable bonds is 8. The number of morpholine rings is 1. The third kappa shape index (κ3) is 8.51. The van der Waals surface area contributed by atoms with Gasteiger partial charge in [-0.2, -0.15) is 31.9 Å². The first-order valence-corrected chi connectivity index (χ1v) is 12.7. The number of halogens is 8. The van der Waals surface area contributed by atoms with E-state index in [1.807, 2.05) is 19.0 Å². The zero-order valence-corrected chi connectivity index (χ0v) is 23.3. The summed E-state index contributed by atoms with van der Waals surface area (Å²) in [6.07, 6.45) is -12.2. The second kappa shape index (κ2) is 13.5. The fraction of sp³-hybridized carbons (Fsp3) is 0.538. The fourth-order valence-electron chi connectivity index (χ4n) is 4.95. The van der Waals surface area contributed by atoms with Gasteiger partial charge in [-0.25, -0.2) is 15.2 Å². The minimum Gasteiger partial charge on any atom is -0.349 e. The van der Waals surface area contributed by atoms with Gasteiger partial charge in [0.1, 0.15) is 5.82 Å². The highest BCUT2D eigenvalue weighted by Gasteiger charge is 2.41. The van der Waals surface area contributed by atoms with Crippen molar-refractivity contribution in [3.8, 4) is 0 Å². The SMILES string of the molecule is CC(OC1OCCN(CC2NNNC2CN(C)C)C1c1ccc(F)cc1)c1cc(C(F)(F)F)cc(C(F)(F)F)c1.Cl. The first-order chi connectivity index (χ1) is 18.7. The Morgan fingerprint density at radius 1 is 0.976 bits per heavy atom. The van der Waals surface area contributed by atoms with Gasteiger partial charge in [0.05, 0.1) is 42.0 Å². The van der Waals surface area contributed by atoms with Gasteiger partial charge in [-0.05, 0) is 62.5 Å². The van der Waals surface area contributed by atoms with Crippen LogP contribution in [0.4, 0.5) is 30.7 Å².